The van der Waals surface area contributed by atoms with Gasteiger partial charge in [-0.1, -0.05) is 41.9 Å². The first-order valence-corrected chi connectivity index (χ1v) is 8.81. The van der Waals surface area contributed by atoms with E-state index in [1.807, 2.05) is 30.3 Å². The maximum atomic E-state index is 14.0. The standard InChI is InChI=1S/C20H13ClFN5O2/c21-12-6-7-14(13(22)8-12)26-20(29)15-9-16(11-4-2-1-3-5-11)27-10-24-17(18(23)28)19(27)25-15/h1-10H,(H2,23,28)(H,26,29). The van der Waals surface area contributed by atoms with Gasteiger partial charge in [0, 0.05) is 5.02 Å². The van der Waals surface area contributed by atoms with Gasteiger partial charge in [-0.3, -0.25) is 14.0 Å². The highest BCUT2D eigenvalue weighted by Crippen LogP contribution is 2.24. The van der Waals surface area contributed by atoms with Gasteiger partial charge in [0.15, 0.2) is 11.3 Å². The van der Waals surface area contributed by atoms with Gasteiger partial charge >= 0.3 is 0 Å². The summed E-state index contributed by atoms with van der Waals surface area (Å²) in [6.45, 7) is 0. The smallest absolute Gasteiger partial charge is 0.274 e. The average molecular weight is 410 g/mol. The molecule has 7 nitrogen and oxygen atoms in total. The molecular formula is C20H13ClFN5O2. The first-order chi connectivity index (χ1) is 13.9. The summed E-state index contributed by atoms with van der Waals surface area (Å²) in [7, 11) is 0. The topological polar surface area (TPSA) is 102 Å². The number of imidazole rings is 1. The van der Waals surface area contributed by atoms with Gasteiger partial charge in [0.2, 0.25) is 0 Å². The maximum Gasteiger partial charge on any atom is 0.274 e. The molecule has 9 heteroatoms. The number of anilines is 1. The second-order valence-electron chi connectivity index (χ2n) is 6.12. The van der Waals surface area contributed by atoms with E-state index in [4.69, 9.17) is 17.3 Å². The Kier molecular flexibility index (Phi) is 4.69. The number of hydrogen-bond donors (Lipinski definition) is 2. The first-order valence-electron chi connectivity index (χ1n) is 8.44. The van der Waals surface area contributed by atoms with Crippen LogP contribution in [-0.4, -0.2) is 26.2 Å². The Bertz CT molecular complexity index is 1260. The van der Waals surface area contributed by atoms with Crippen LogP contribution in [0.4, 0.5) is 10.1 Å². The van der Waals surface area contributed by atoms with E-state index in [1.54, 1.807) is 4.40 Å². The third-order valence-corrected chi connectivity index (χ3v) is 4.45. The molecule has 0 spiro atoms. The molecule has 0 fully saturated rings. The molecule has 2 heterocycles. The molecule has 144 valence electrons. The summed E-state index contributed by atoms with van der Waals surface area (Å²) in [5.74, 6) is -2.12. The van der Waals surface area contributed by atoms with E-state index < -0.39 is 17.6 Å². The molecule has 3 N–H and O–H groups in total. The molecule has 4 rings (SSSR count). The van der Waals surface area contributed by atoms with Crippen LogP contribution < -0.4 is 11.1 Å². The molecule has 0 bridgehead atoms. The number of carbonyl (C=O) groups excluding carboxylic acids is 2. The van der Waals surface area contributed by atoms with Crippen molar-refractivity contribution in [3.63, 3.8) is 0 Å². The van der Waals surface area contributed by atoms with Crippen molar-refractivity contribution in [3.8, 4) is 11.3 Å². The minimum atomic E-state index is -0.777. The van der Waals surface area contributed by atoms with E-state index in [1.165, 1.54) is 24.5 Å². The fourth-order valence-corrected chi connectivity index (χ4v) is 3.03. The van der Waals surface area contributed by atoms with Crippen molar-refractivity contribution < 1.29 is 14.0 Å². The number of amides is 2. The number of rotatable bonds is 4. The number of halogens is 2. The molecule has 0 aliphatic carbocycles. The number of hydrogen-bond acceptors (Lipinski definition) is 4. The third-order valence-electron chi connectivity index (χ3n) is 4.22. The summed E-state index contributed by atoms with van der Waals surface area (Å²) in [5.41, 5.74) is 6.68. The van der Waals surface area contributed by atoms with Crippen LogP contribution in [0.25, 0.3) is 16.9 Å². The summed E-state index contributed by atoms with van der Waals surface area (Å²) in [6.07, 6.45) is 1.41. The predicted octanol–water partition coefficient (Wildman–Crippen LogP) is 3.54. The second kappa shape index (κ2) is 7.33. The van der Waals surface area contributed by atoms with E-state index in [2.05, 4.69) is 15.3 Å². The summed E-state index contributed by atoms with van der Waals surface area (Å²) in [6, 6.07) is 14.6. The summed E-state index contributed by atoms with van der Waals surface area (Å²) < 4.78 is 15.6. The summed E-state index contributed by atoms with van der Waals surface area (Å²) >= 11 is 5.74. The zero-order valence-electron chi connectivity index (χ0n) is 14.8. The van der Waals surface area contributed by atoms with Gasteiger partial charge < -0.3 is 11.1 Å². The lowest BCUT2D eigenvalue weighted by Crippen LogP contribution is -2.17. The van der Waals surface area contributed by atoms with Gasteiger partial charge in [-0.2, -0.15) is 0 Å². The molecule has 0 saturated carbocycles. The molecule has 2 aromatic carbocycles. The van der Waals surface area contributed by atoms with Crippen molar-refractivity contribution in [2.45, 2.75) is 0 Å². The monoisotopic (exact) mass is 409 g/mol. The number of primary amides is 1. The molecule has 0 unspecified atom stereocenters. The maximum absolute atomic E-state index is 14.0. The number of nitrogens with one attached hydrogen (secondary N) is 1. The van der Waals surface area contributed by atoms with Crippen LogP contribution in [0.2, 0.25) is 5.02 Å². The average Bonchev–Trinajstić information content (AvgIpc) is 3.14. The first kappa shape index (κ1) is 18.6. The molecule has 0 saturated heterocycles. The fourth-order valence-electron chi connectivity index (χ4n) is 2.87. The Morgan fingerprint density at radius 2 is 1.86 bits per heavy atom. The van der Waals surface area contributed by atoms with Crippen molar-refractivity contribution >= 4 is 34.7 Å². The van der Waals surface area contributed by atoms with Crippen molar-refractivity contribution in [1.29, 1.82) is 0 Å². The molecule has 0 aliphatic heterocycles. The largest absolute Gasteiger partial charge is 0.364 e. The lowest BCUT2D eigenvalue weighted by molar-refractivity contribution is 0.0993. The van der Waals surface area contributed by atoms with Crippen LogP contribution in [0, 0.1) is 5.82 Å². The normalized spacial score (nSPS) is 10.8. The van der Waals surface area contributed by atoms with Crippen LogP contribution in [0.1, 0.15) is 21.0 Å². The van der Waals surface area contributed by atoms with Crippen molar-refractivity contribution in [2.24, 2.45) is 5.73 Å². The van der Waals surface area contributed by atoms with Crippen LogP contribution in [0.3, 0.4) is 0 Å². The number of carbonyl (C=O) groups is 2. The fraction of sp³-hybridized carbons (Fsp3) is 0. The van der Waals surface area contributed by atoms with Crippen LogP contribution in [-0.2, 0) is 0 Å². The predicted molar refractivity (Wildman–Crippen MR) is 106 cm³/mol. The molecule has 29 heavy (non-hydrogen) atoms. The van der Waals surface area contributed by atoms with Gasteiger partial charge in [0.25, 0.3) is 11.8 Å². The Morgan fingerprint density at radius 3 is 2.55 bits per heavy atom. The SMILES string of the molecule is NC(=O)c1ncn2c(-c3ccccc3)cc(C(=O)Nc3ccc(Cl)cc3F)nc12. The Balaban J connectivity index is 1.84. The molecule has 4 aromatic rings. The highest BCUT2D eigenvalue weighted by Gasteiger charge is 2.19. The Morgan fingerprint density at radius 1 is 1.10 bits per heavy atom. The lowest BCUT2D eigenvalue weighted by atomic mass is 10.1. The summed E-state index contributed by atoms with van der Waals surface area (Å²) in [4.78, 5) is 32.7. The Labute approximate surface area is 169 Å². The number of benzene rings is 2. The van der Waals surface area contributed by atoms with Gasteiger partial charge in [-0.05, 0) is 29.8 Å². The minimum Gasteiger partial charge on any atom is -0.364 e. The van der Waals surface area contributed by atoms with Crippen molar-refractivity contribution in [2.75, 3.05) is 5.32 Å². The number of nitrogens with two attached hydrogens (primary N) is 1. The van der Waals surface area contributed by atoms with Gasteiger partial charge in [0.05, 0.1) is 11.4 Å². The van der Waals surface area contributed by atoms with Crippen LogP contribution in [0.15, 0.2) is 60.9 Å². The minimum absolute atomic E-state index is 0.0336. The van der Waals surface area contributed by atoms with E-state index in [9.17, 15) is 14.0 Å². The van der Waals surface area contributed by atoms with Crippen molar-refractivity contribution in [1.82, 2.24) is 14.4 Å². The molecule has 0 radical (unpaired) electrons. The van der Waals surface area contributed by atoms with E-state index in [-0.39, 0.29) is 27.7 Å². The second-order valence-corrected chi connectivity index (χ2v) is 6.56. The molecule has 0 atom stereocenters. The summed E-state index contributed by atoms with van der Waals surface area (Å²) in [5, 5.41) is 2.66. The van der Waals surface area contributed by atoms with Gasteiger partial charge in [0.1, 0.15) is 17.8 Å². The van der Waals surface area contributed by atoms with Gasteiger partial charge in [-0.25, -0.2) is 14.4 Å². The van der Waals surface area contributed by atoms with E-state index in [0.717, 1.165) is 11.6 Å². The number of nitrogens with zero attached hydrogens (tertiary/aromatic N) is 3. The highest BCUT2D eigenvalue weighted by molar-refractivity contribution is 6.30. The lowest BCUT2D eigenvalue weighted by Gasteiger charge is -2.10. The van der Waals surface area contributed by atoms with Crippen molar-refractivity contribution in [3.05, 3.63) is 83.2 Å². The van der Waals surface area contributed by atoms with Gasteiger partial charge in [-0.15, -0.1) is 0 Å². The van der Waals surface area contributed by atoms with E-state index >= 15 is 0 Å². The third kappa shape index (κ3) is 3.53. The molecule has 2 aromatic heterocycles. The molecule has 2 amide bonds. The van der Waals surface area contributed by atoms with Crippen LogP contribution >= 0.6 is 11.6 Å². The van der Waals surface area contributed by atoms with Crippen LogP contribution in [0.5, 0.6) is 0 Å². The highest BCUT2D eigenvalue weighted by atomic mass is 35.5. The number of fused-ring (bicyclic) bond motifs is 1. The molecular weight excluding hydrogens is 397 g/mol. The quantitative estimate of drug-likeness (QED) is 0.538. The van der Waals surface area contributed by atoms with E-state index in [0.29, 0.717) is 5.69 Å². The zero-order valence-corrected chi connectivity index (χ0v) is 15.5. The zero-order chi connectivity index (χ0) is 20.5. The number of aromatic nitrogens is 3. The molecule has 0 aliphatic rings. The Hall–Kier alpha value is -3.78.